The number of hydrogen-bond donors (Lipinski definition) is 2. The molecule has 132 valence electrons. The van der Waals surface area contributed by atoms with Crippen LogP contribution in [0.3, 0.4) is 0 Å². The molecular weight excluding hydrogens is 352 g/mol. The van der Waals surface area contributed by atoms with Crippen molar-refractivity contribution in [1.82, 2.24) is 10.3 Å². The number of ether oxygens (including phenoxy) is 1. The molecule has 2 N–H and O–H groups in total. The maximum Gasteiger partial charge on any atom is 0.257 e. The quantitative estimate of drug-likeness (QED) is 0.690. The van der Waals surface area contributed by atoms with Crippen LogP contribution < -0.4 is 10.1 Å². The van der Waals surface area contributed by atoms with Crippen molar-refractivity contribution in [2.75, 3.05) is 6.61 Å². The predicted molar refractivity (Wildman–Crippen MR) is 99.5 cm³/mol. The number of rotatable bonds is 6. The number of amides is 1. The lowest BCUT2D eigenvalue weighted by molar-refractivity contribution is 0.0913. The number of pyridine rings is 1. The van der Waals surface area contributed by atoms with Crippen LogP contribution in [0.1, 0.15) is 22.0 Å². The van der Waals surface area contributed by atoms with Crippen molar-refractivity contribution in [3.63, 3.8) is 0 Å². The molecule has 3 aromatic rings. The van der Waals surface area contributed by atoms with Gasteiger partial charge in [0.05, 0.1) is 12.6 Å². The van der Waals surface area contributed by atoms with Crippen LogP contribution in [0.4, 0.5) is 0 Å². The van der Waals surface area contributed by atoms with Crippen LogP contribution in [0, 0.1) is 0 Å². The first kappa shape index (κ1) is 17.9. The molecule has 1 aromatic heterocycles. The van der Waals surface area contributed by atoms with Gasteiger partial charge in [0.2, 0.25) is 5.88 Å². The summed E-state index contributed by atoms with van der Waals surface area (Å²) in [4.78, 5) is 16.8. The van der Waals surface area contributed by atoms with Crippen molar-refractivity contribution in [3.8, 4) is 11.6 Å². The third-order valence-electron chi connectivity index (χ3n) is 3.72. The van der Waals surface area contributed by atoms with Crippen molar-refractivity contribution in [2.24, 2.45) is 0 Å². The molecule has 3 rings (SSSR count). The Bertz CT molecular complexity index is 887. The maximum absolute atomic E-state index is 12.7. The second-order valence-corrected chi connectivity index (χ2v) is 5.97. The molecule has 1 atom stereocenters. The molecule has 5 nitrogen and oxygen atoms in total. The van der Waals surface area contributed by atoms with Gasteiger partial charge in [0.1, 0.15) is 11.3 Å². The fourth-order valence-electron chi connectivity index (χ4n) is 2.44. The summed E-state index contributed by atoms with van der Waals surface area (Å²) >= 11 is 5.96. The lowest BCUT2D eigenvalue weighted by atomic mass is 10.1. The highest BCUT2D eigenvalue weighted by atomic mass is 35.5. The van der Waals surface area contributed by atoms with E-state index >= 15 is 0 Å². The number of benzene rings is 2. The van der Waals surface area contributed by atoms with Gasteiger partial charge >= 0.3 is 0 Å². The van der Waals surface area contributed by atoms with Crippen molar-refractivity contribution in [1.29, 1.82) is 0 Å². The first-order chi connectivity index (χ1) is 12.7. The van der Waals surface area contributed by atoms with Crippen LogP contribution in [-0.2, 0) is 0 Å². The van der Waals surface area contributed by atoms with E-state index in [9.17, 15) is 9.90 Å². The highest BCUT2D eigenvalue weighted by Gasteiger charge is 2.19. The summed E-state index contributed by atoms with van der Waals surface area (Å²) < 4.78 is 5.71. The summed E-state index contributed by atoms with van der Waals surface area (Å²) in [5.74, 6) is 0.252. The molecule has 0 radical (unpaired) electrons. The van der Waals surface area contributed by atoms with Crippen molar-refractivity contribution < 1.29 is 14.6 Å². The lowest BCUT2D eigenvalue weighted by Crippen LogP contribution is -2.31. The van der Waals surface area contributed by atoms with Gasteiger partial charge in [0.15, 0.2) is 0 Å². The smallest absolute Gasteiger partial charge is 0.257 e. The van der Waals surface area contributed by atoms with Crippen LogP contribution >= 0.6 is 11.6 Å². The largest absolute Gasteiger partial charge is 0.438 e. The Morgan fingerprint density at radius 3 is 2.65 bits per heavy atom. The van der Waals surface area contributed by atoms with E-state index in [4.69, 9.17) is 16.3 Å². The lowest BCUT2D eigenvalue weighted by Gasteiger charge is -2.17. The van der Waals surface area contributed by atoms with Gasteiger partial charge < -0.3 is 15.2 Å². The Hall–Kier alpha value is -2.89. The van der Waals surface area contributed by atoms with Crippen LogP contribution in [-0.4, -0.2) is 22.6 Å². The van der Waals surface area contributed by atoms with E-state index in [0.717, 1.165) is 5.56 Å². The van der Waals surface area contributed by atoms with Gasteiger partial charge in [-0.2, -0.15) is 0 Å². The molecule has 1 heterocycles. The van der Waals surface area contributed by atoms with Gasteiger partial charge in [-0.05, 0) is 35.9 Å². The zero-order chi connectivity index (χ0) is 18.4. The highest BCUT2D eigenvalue weighted by molar-refractivity contribution is 6.30. The van der Waals surface area contributed by atoms with E-state index in [2.05, 4.69) is 10.3 Å². The van der Waals surface area contributed by atoms with Crippen molar-refractivity contribution in [3.05, 3.63) is 89.1 Å². The molecule has 1 amide bonds. The number of hydrogen-bond acceptors (Lipinski definition) is 4. The molecule has 26 heavy (non-hydrogen) atoms. The molecule has 0 saturated carbocycles. The van der Waals surface area contributed by atoms with E-state index in [1.165, 1.54) is 6.20 Å². The summed E-state index contributed by atoms with van der Waals surface area (Å²) in [5.41, 5.74) is 1.08. The standard InChI is InChI=1S/C20H17ClN2O3/c21-15-8-4-9-16(12-15)26-20-17(10-5-11-22-20)19(25)23-18(13-24)14-6-2-1-3-7-14/h1-12,18,24H,13H2,(H,23,25)/t18-/m0/s1. The summed E-state index contributed by atoms with van der Waals surface area (Å²) in [7, 11) is 0. The number of aliphatic hydroxyl groups excluding tert-OH is 1. The number of carbonyl (C=O) groups excluding carboxylic acids is 1. The van der Waals surface area contributed by atoms with Crippen molar-refractivity contribution in [2.45, 2.75) is 6.04 Å². The van der Waals surface area contributed by atoms with Crippen LogP contribution in [0.25, 0.3) is 0 Å². The zero-order valence-electron chi connectivity index (χ0n) is 13.8. The molecule has 2 aromatic carbocycles. The van der Waals surface area contributed by atoms with Gasteiger partial charge in [-0.1, -0.05) is 48.0 Å². The average Bonchev–Trinajstić information content (AvgIpc) is 2.67. The monoisotopic (exact) mass is 368 g/mol. The Morgan fingerprint density at radius 2 is 1.92 bits per heavy atom. The van der Waals surface area contributed by atoms with Crippen molar-refractivity contribution >= 4 is 17.5 Å². The molecule has 0 unspecified atom stereocenters. The van der Waals surface area contributed by atoms with Crippen LogP contribution in [0.2, 0.25) is 5.02 Å². The number of halogens is 1. The first-order valence-electron chi connectivity index (χ1n) is 8.02. The Kier molecular flexibility index (Phi) is 5.84. The van der Waals surface area contributed by atoms with Gasteiger partial charge in [-0.25, -0.2) is 4.98 Å². The minimum atomic E-state index is -0.525. The molecule has 0 aliphatic rings. The van der Waals surface area contributed by atoms with Crippen LogP contribution in [0.15, 0.2) is 72.9 Å². The topological polar surface area (TPSA) is 71.5 Å². The first-order valence-corrected chi connectivity index (χ1v) is 8.40. The van der Waals surface area contributed by atoms with E-state index in [1.807, 2.05) is 30.3 Å². The minimum Gasteiger partial charge on any atom is -0.438 e. The molecule has 0 fully saturated rings. The maximum atomic E-state index is 12.7. The van der Waals surface area contributed by atoms with Gasteiger partial charge in [-0.3, -0.25) is 4.79 Å². The number of aromatic nitrogens is 1. The third-order valence-corrected chi connectivity index (χ3v) is 3.95. The van der Waals surface area contributed by atoms with Gasteiger partial charge in [0.25, 0.3) is 5.91 Å². The Labute approximate surface area is 156 Å². The van der Waals surface area contributed by atoms with Crippen LogP contribution in [0.5, 0.6) is 11.6 Å². The average molecular weight is 369 g/mol. The SMILES string of the molecule is O=C(N[C@@H](CO)c1ccccc1)c1cccnc1Oc1cccc(Cl)c1. The highest BCUT2D eigenvalue weighted by Crippen LogP contribution is 2.25. The molecule has 0 aliphatic carbocycles. The number of aliphatic hydroxyl groups is 1. The molecule has 0 bridgehead atoms. The second-order valence-electron chi connectivity index (χ2n) is 5.53. The fourth-order valence-corrected chi connectivity index (χ4v) is 2.62. The summed E-state index contributed by atoms with van der Waals surface area (Å²) in [6.45, 7) is -0.222. The third kappa shape index (κ3) is 4.39. The van der Waals surface area contributed by atoms with E-state index in [-0.39, 0.29) is 18.1 Å². The van der Waals surface area contributed by atoms with E-state index in [0.29, 0.717) is 10.8 Å². The molecule has 0 aliphatic heterocycles. The van der Waals surface area contributed by atoms with Gasteiger partial charge in [0, 0.05) is 11.2 Å². The fraction of sp³-hybridized carbons (Fsp3) is 0.100. The molecule has 0 saturated heterocycles. The zero-order valence-corrected chi connectivity index (χ0v) is 14.6. The van der Waals surface area contributed by atoms with Gasteiger partial charge in [-0.15, -0.1) is 0 Å². The number of nitrogens with one attached hydrogen (secondary N) is 1. The molecule has 6 heteroatoms. The minimum absolute atomic E-state index is 0.164. The Balaban J connectivity index is 1.81. The Morgan fingerprint density at radius 1 is 1.12 bits per heavy atom. The summed E-state index contributed by atoms with van der Waals surface area (Å²) in [5, 5.41) is 13.0. The normalized spacial score (nSPS) is 11.6. The second kappa shape index (κ2) is 8.47. The molecular formula is C20H17ClN2O3. The number of nitrogens with zero attached hydrogens (tertiary/aromatic N) is 1. The molecule has 0 spiro atoms. The summed E-state index contributed by atoms with van der Waals surface area (Å²) in [6.07, 6.45) is 1.54. The van der Waals surface area contributed by atoms with E-state index in [1.54, 1.807) is 36.4 Å². The number of carbonyl (C=O) groups is 1. The predicted octanol–water partition coefficient (Wildman–Crippen LogP) is 3.99. The summed E-state index contributed by atoms with van der Waals surface area (Å²) in [6, 6.07) is 18.8. The van der Waals surface area contributed by atoms with E-state index < -0.39 is 11.9 Å².